The van der Waals surface area contributed by atoms with E-state index < -0.39 is 17.6 Å². The van der Waals surface area contributed by atoms with Gasteiger partial charge in [-0.25, -0.2) is 0 Å². The fourth-order valence-corrected chi connectivity index (χ4v) is 10.7. The second kappa shape index (κ2) is 7.31. The highest BCUT2D eigenvalue weighted by Gasteiger charge is 2.66. The first-order chi connectivity index (χ1) is 14.9. The summed E-state index contributed by atoms with van der Waals surface area (Å²) >= 11 is 0. The molecular formula is C29H48O3. The highest BCUT2D eigenvalue weighted by Crippen LogP contribution is 2.71. The van der Waals surface area contributed by atoms with Crippen LogP contribution in [0.15, 0.2) is 11.6 Å². The molecule has 0 aliphatic heterocycles. The lowest BCUT2D eigenvalue weighted by molar-refractivity contribution is -0.234. The van der Waals surface area contributed by atoms with Crippen molar-refractivity contribution in [2.24, 2.45) is 57.2 Å². The van der Waals surface area contributed by atoms with Gasteiger partial charge in [-0.05, 0) is 103 Å². The Labute approximate surface area is 196 Å². The lowest BCUT2D eigenvalue weighted by atomic mass is 9.36. The van der Waals surface area contributed by atoms with Crippen LogP contribution in [0.4, 0.5) is 0 Å². The molecule has 5 aliphatic rings. The van der Waals surface area contributed by atoms with Crippen LogP contribution in [0.5, 0.6) is 0 Å². The van der Waals surface area contributed by atoms with Crippen LogP contribution in [0.1, 0.15) is 92.9 Å². The summed E-state index contributed by atoms with van der Waals surface area (Å²) in [4.78, 5) is 0. The third kappa shape index (κ3) is 2.83. The van der Waals surface area contributed by atoms with E-state index in [9.17, 15) is 15.3 Å². The molecule has 3 N–H and O–H groups in total. The lowest BCUT2D eigenvalue weighted by Crippen LogP contribution is -2.66. The van der Waals surface area contributed by atoms with Crippen LogP contribution >= 0.6 is 0 Å². The summed E-state index contributed by atoms with van der Waals surface area (Å²) in [5.74, 6) is 3.74. The molecule has 5 aliphatic carbocycles. The van der Waals surface area contributed by atoms with Gasteiger partial charge in [0.25, 0.3) is 0 Å². The first kappa shape index (κ1) is 23.4. The van der Waals surface area contributed by atoms with Crippen molar-refractivity contribution in [1.29, 1.82) is 0 Å². The maximum Gasteiger partial charge on any atom is 0.0877 e. The molecule has 0 amide bonds. The second-order valence-electron chi connectivity index (χ2n) is 14.1. The van der Waals surface area contributed by atoms with Crippen molar-refractivity contribution in [3.05, 3.63) is 11.6 Å². The fourth-order valence-electron chi connectivity index (χ4n) is 10.7. The van der Waals surface area contributed by atoms with Gasteiger partial charge in [0.15, 0.2) is 0 Å². The Kier molecular flexibility index (Phi) is 5.34. The van der Waals surface area contributed by atoms with Crippen LogP contribution in [0.3, 0.4) is 0 Å². The summed E-state index contributed by atoms with van der Waals surface area (Å²) in [5.41, 5.74) is 1.86. The molecule has 0 aromatic carbocycles. The molecule has 0 spiro atoms. The summed E-state index contributed by atoms with van der Waals surface area (Å²) < 4.78 is 0. The van der Waals surface area contributed by atoms with E-state index in [1.54, 1.807) is 5.57 Å². The number of aliphatic hydroxyl groups is 3. The van der Waals surface area contributed by atoms with Crippen LogP contribution in [0, 0.1) is 57.2 Å². The Morgan fingerprint density at radius 1 is 0.906 bits per heavy atom. The molecule has 5 rings (SSSR count). The molecule has 4 fully saturated rings. The molecule has 3 heteroatoms. The standard InChI is InChI=1S/C29H48O3/c1-17-9-12-26(3)13-10-20-19(24(26)18(17)2)7-8-22-27(20,4)14-11-23-28(22,5)15-21(31)25(32)29(23,6)16-30/h7,17-18,20-25,30-32H,8-16H2,1-6H3/t17-,18+,20?,21-,22+,23-,24+,25-,26-,27+,28-,29-/m1/s1. The maximum absolute atomic E-state index is 10.9. The van der Waals surface area contributed by atoms with Gasteiger partial charge in [0.1, 0.15) is 0 Å². The minimum Gasteiger partial charge on any atom is -0.396 e. The number of hydrogen-bond acceptors (Lipinski definition) is 3. The quantitative estimate of drug-likeness (QED) is 0.463. The average molecular weight is 445 g/mol. The molecule has 0 aromatic heterocycles. The molecule has 182 valence electrons. The molecule has 0 bridgehead atoms. The molecule has 12 atom stereocenters. The normalized spacial score (nSPS) is 59.8. The monoisotopic (exact) mass is 444 g/mol. The van der Waals surface area contributed by atoms with Gasteiger partial charge >= 0.3 is 0 Å². The van der Waals surface area contributed by atoms with Crippen molar-refractivity contribution in [2.75, 3.05) is 6.61 Å². The molecular weight excluding hydrogens is 396 g/mol. The van der Waals surface area contributed by atoms with Crippen molar-refractivity contribution >= 4 is 0 Å². The zero-order valence-electron chi connectivity index (χ0n) is 21.4. The summed E-state index contributed by atoms with van der Waals surface area (Å²) in [6.07, 6.45) is 10.5. The van der Waals surface area contributed by atoms with E-state index in [0.29, 0.717) is 23.7 Å². The number of aliphatic hydroxyl groups excluding tert-OH is 3. The van der Waals surface area contributed by atoms with E-state index in [-0.39, 0.29) is 23.4 Å². The maximum atomic E-state index is 10.9. The smallest absolute Gasteiger partial charge is 0.0877 e. The lowest BCUT2D eigenvalue weighted by Gasteiger charge is -2.69. The van der Waals surface area contributed by atoms with Crippen LogP contribution in [-0.4, -0.2) is 34.1 Å². The predicted molar refractivity (Wildman–Crippen MR) is 129 cm³/mol. The Hall–Kier alpha value is -0.380. The Balaban J connectivity index is 1.55. The van der Waals surface area contributed by atoms with E-state index in [2.05, 4.69) is 40.7 Å². The van der Waals surface area contributed by atoms with Crippen molar-refractivity contribution in [3.8, 4) is 0 Å². The Morgan fingerprint density at radius 3 is 2.28 bits per heavy atom. The third-order valence-corrected chi connectivity index (χ3v) is 12.7. The van der Waals surface area contributed by atoms with E-state index in [1.165, 1.54) is 32.1 Å². The van der Waals surface area contributed by atoms with Gasteiger partial charge in [0.2, 0.25) is 0 Å². The molecule has 32 heavy (non-hydrogen) atoms. The van der Waals surface area contributed by atoms with Crippen LogP contribution in [0.25, 0.3) is 0 Å². The molecule has 4 saturated carbocycles. The average Bonchev–Trinajstić information content (AvgIpc) is 2.74. The van der Waals surface area contributed by atoms with Gasteiger partial charge in [0, 0.05) is 5.41 Å². The van der Waals surface area contributed by atoms with E-state index in [1.807, 2.05) is 6.92 Å². The molecule has 0 radical (unpaired) electrons. The largest absolute Gasteiger partial charge is 0.396 e. The fraction of sp³-hybridized carbons (Fsp3) is 0.931. The predicted octanol–water partition coefficient (Wildman–Crippen LogP) is 5.58. The SMILES string of the molecule is C[C@H]1[C@H](C)CC[C@]2(C)CCC3C(=CC[C@@H]4[C@@]5(C)C[C@@H](O)[C@@H](O)[C@](C)(CO)[C@@H]5CC[C@@]34C)[C@H]12. The van der Waals surface area contributed by atoms with Crippen LogP contribution in [-0.2, 0) is 0 Å². The van der Waals surface area contributed by atoms with E-state index in [0.717, 1.165) is 30.6 Å². The highest BCUT2D eigenvalue weighted by atomic mass is 16.3. The van der Waals surface area contributed by atoms with Crippen LogP contribution < -0.4 is 0 Å². The van der Waals surface area contributed by atoms with Gasteiger partial charge < -0.3 is 15.3 Å². The van der Waals surface area contributed by atoms with Crippen LogP contribution in [0.2, 0.25) is 0 Å². The number of fused-ring (bicyclic) bond motifs is 7. The Morgan fingerprint density at radius 2 is 1.59 bits per heavy atom. The van der Waals surface area contributed by atoms with E-state index >= 15 is 0 Å². The molecule has 1 unspecified atom stereocenters. The molecule has 3 nitrogen and oxygen atoms in total. The van der Waals surface area contributed by atoms with Crippen molar-refractivity contribution in [2.45, 2.75) is 105 Å². The summed E-state index contributed by atoms with van der Waals surface area (Å²) in [6.45, 7) is 14.5. The first-order valence-corrected chi connectivity index (χ1v) is 13.6. The first-order valence-electron chi connectivity index (χ1n) is 13.6. The molecule has 0 saturated heterocycles. The third-order valence-electron chi connectivity index (χ3n) is 12.7. The summed E-state index contributed by atoms with van der Waals surface area (Å²) in [7, 11) is 0. The van der Waals surface area contributed by atoms with Crippen molar-refractivity contribution in [1.82, 2.24) is 0 Å². The zero-order valence-corrected chi connectivity index (χ0v) is 21.4. The minimum absolute atomic E-state index is 0.0443. The zero-order chi connectivity index (χ0) is 23.3. The molecule has 0 aromatic rings. The summed E-state index contributed by atoms with van der Waals surface area (Å²) in [5, 5.41) is 32.2. The topological polar surface area (TPSA) is 60.7 Å². The second-order valence-corrected chi connectivity index (χ2v) is 14.1. The number of rotatable bonds is 1. The van der Waals surface area contributed by atoms with Gasteiger partial charge in [0.05, 0.1) is 18.8 Å². The Bertz CT molecular complexity index is 791. The van der Waals surface area contributed by atoms with Crippen molar-refractivity contribution in [3.63, 3.8) is 0 Å². The van der Waals surface area contributed by atoms with Gasteiger partial charge in [-0.3, -0.25) is 0 Å². The van der Waals surface area contributed by atoms with Crippen molar-refractivity contribution < 1.29 is 15.3 Å². The van der Waals surface area contributed by atoms with Gasteiger partial charge in [-0.2, -0.15) is 0 Å². The molecule has 0 heterocycles. The highest BCUT2D eigenvalue weighted by molar-refractivity contribution is 5.29. The number of hydrogen-bond donors (Lipinski definition) is 3. The van der Waals surface area contributed by atoms with Gasteiger partial charge in [-0.1, -0.05) is 53.2 Å². The van der Waals surface area contributed by atoms with Gasteiger partial charge in [-0.15, -0.1) is 0 Å². The number of allylic oxidation sites excluding steroid dienone is 2. The minimum atomic E-state index is -0.829. The van der Waals surface area contributed by atoms with E-state index in [4.69, 9.17) is 0 Å². The summed E-state index contributed by atoms with van der Waals surface area (Å²) in [6, 6.07) is 0.